The number of hydrogen-bond donors (Lipinski definition) is 1. The predicted octanol–water partition coefficient (Wildman–Crippen LogP) is 4.43. The summed E-state index contributed by atoms with van der Waals surface area (Å²) in [5.74, 6) is 0.460. The molecule has 0 aliphatic rings. The molecular formula is C20H21ClN2O3. The molecular weight excluding hydrogens is 352 g/mol. The number of ether oxygens (including phenoxy) is 1. The molecule has 1 aromatic carbocycles. The highest BCUT2D eigenvalue weighted by atomic mass is 35.5. The largest absolute Gasteiger partial charge is 0.439 e. The number of amides is 1. The van der Waals surface area contributed by atoms with Crippen LogP contribution in [0.3, 0.4) is 0 Å². The molecule has 0 saturated carbocycles. The topological polar surface area (TPSA) is 68.3 Å². The van der Waals surface area contributed by atoms with Gasteiger partial charge in [0.2, 0.25) is 5.88 Å². The molecule has 2 rings (SSSR count). The number of hydrogen-bond acceptors (Lipinski definition) is 4. The van der Waals surface area contributed by atoms with E-state index in [0.717, 1.165) is 0 Å². The third-order valence-electron chi connectivity index (χ3n) is 3.27. The Morgan fingerprint density at radius 1 is 1.27 bits per heavy atom. The monoisotopic (exact) mass is 372 g/mol. The molecule has 0 aliphatic heterocycles. The zero-order valence-corrected chi connectivity index (χ0v) is 15.7. The summed E-state index contributed by atoms with van der Waals surface area (Å²) in [6, 6.07) is 9.24. The molecule has 1 atom stereocenters. The summed E-state index contributed by atoms with van der Waals surface area (Å²) in [6.07, 6.45) is 5.74. The van der Waals surface area contributed by atoms with Gasteiger partial charge in [0.1, 0.15) is 18.1 Å². The lowest BCUT2D eigenvalue weighted by Gasteiger charge is -2.14. The van der Waals surface area contributed by atoms with Gasteiger partial charge in [-0.3, -0.25) is 4.79 Å². The van der Waals surface area contributed by atoms with Gasteiger partial charge in [0, 0.05) is 17.8 Å². The van der Waals surface area contributed by atoms with Crippen LogP contribution in [0.4, 0.5) is 0 Å². The molecule has 0 radical (unpaired) electrons. The van der Waals surface area contributed by atoms with E-state index in [-0.39, 0.29) is 11.3 Å². The van der Waals surface area contributed by atoms with Crippen LogP contribution in [-0.2, 0) is 4.79 Å². The van der Waals surface area contributed by atoms with E-state index in [0.29, 0.717) is 28.5 Å². The summed E-state index contributed by atoms with van der Waals surface area (Å²) in [7, 11) is 0. The fourth-order valence-corrected chi connectivity index (χ4v) is 2.11. The number of rotatable bonds is 6. The molecule has 136 valence electrons. The molecule has 0 saturated heterocycles. The fourth-order valence-electron chi connectivity index (χ4n) is 2.00. The van der Waals surface area contributed by atoms with Crippen LogP contribution in [0, 0.1) is 5.41 Å². The number of aromatic nitrogens is 1. The molecule has 1 heterocycles. The van der Waals surface area contributed by atoms with Crippen LogP contribution in [0.25, 0.3) is 0 Å². The predicted molar refractivity (Wildman–Crippen MR) is 102 cm³/mol. The third-order valence-corrected chi connectivity index (χ3v) is 3.49. The van der Waals surface area contributed by atoms with Gasteiger partial charge < -0.3 is 14.8 Å². The zero-order valence-electron chi connectivity index (χ0n) is 14.9. The molecule has 0 bridgehead atoms. The number of halogens is 1. The number of nitrogens with one attached hydrogen (secondary N) is 1. The van der Waals surface area contributed by atoms with Crippen molar-refractivity contribution in [3.8, 4) is 11.6 Å². The van der Waals surface area contributed by atoms with Crippen LogP contribution < -0.4 is 10.1 Å². The number of pyridine rings is 1. The average Bonchev–Trinajstić information content (AvgIpc) is 2.60. The van der Waals surface area contributed by atoms with Gasteiger partial charge in [-0.1, -0.05) is 50.6 Å². The average molecular weight is 373 g/mol. The molecule has 26 heavy (non-hydrogen) atoms. The lowest BCUT2D eigenvalue weighted by atomic mass is 9.95. The lowest BCUT2D eigenvalue weighted by molar-refractivity contribution is -0.108. The molecule has 6 heteroatoms. The Morgan fingerprint density at radius 3 is 2.65 bits per heavy atom. The standard InChI is InChI=1S/C20H21ClN2O3/c1-20(2,3)10-9-16(13-24)23-19(25)14-5-4-6-17(11-14)26-18-8-7-15(21)12-22-18/h4-13,16H,1-3H3,(H,23,25)/b10-9+. The second-order valence-electron chi connectivity index (χ2n) is 6.81. The van der Waals surface area contributed by atoms with E-state index in [1.165, 1.54) is 6.20 Å². The van der Waals surface area contributed by atoms with E-state index in [9.17, 15) is 9.59 Å². The van der Waals surface area contributed by atoms with Crippen molar-refractivity contribution in [1.29, 1.82) is 0 Å². The van der Waals surface area contributed by atoms with Gasteiger partial charge in [-0.15, -0.1) is 0 Å². The maximum absolute atomic E-state index is 12.4. The number of carbonyl (C=O) groups is 2. The SMILES string of the molecule is CC(C)(C)/C=C/C(C=O)NC(=O)c1cccc(Oc2ccc(Cl)cn2)c1. The Kier molecular flexibility index (Phi) is 6.52. The molecule has 2 aromatic rings. The summed E-state index contributed by atoms with van der Waals surface area (Å²) in [4.78, 5) is 27.7. The van der Waals surface area contributed by atoms with E-state index >= 15 is 0 Å². The van der Waals surface area contributed by atoms with E-state index < -0.39 is 6.04 Å². The molecule has 0 fully saturated rings. The van der Waals surface area contributed by atoms with E-state index in [4.69, 9.17) is 16.3 Å². The first-order valence-corrected chi connectivity index (χ1v) is 8.49. The quantitative estimate of drug-likeness (QED) is 0.601. The smallest absolute Gasteiger partial charge is 0.252 e. The zero-order chi connectivity index (χ0) is 19.2. The van der Waals surface area contributed by atoms with Gasteiger partial charge in [-0.25, -0.2) is 4.98 Å². The Hall–Kier alpha value is -2.66. The lowest BCUT2D eigenvalue weighted by Crippen LogP contribution is -2.34. The van der Waals surface area contributed by atoms with E-state index in [1.54, 1.807) is 42.5 Å². The minimum Gasteiger partial charge on any atom is -0.439 e. The summed E-state index contributed by atoms with van der Waals surface area (Å²) in [5, 5.41) is 3.18. The van der Waals surface area contributed by atoms with Crippen molar-refractivity contribution in [1.82, 2.24) is 10.3 Å². The summed E-state index contributed by atoms with van der Waals surface area (Å²) in [5.41, 5.74) is 0.304. The van der Waals surface area contributed by atoms with E-state index in [2.05, 4.69) is 10.3 Å². The number of nitrogens with zero attached hydrogens (tertiary/aromatic N) is 1. The van der Waals surface area contributed by atoms with Crippen molar-refractivity contribution in [2.45, 2.75) is 26.8 Å². The van der Waals surface area contributed by atoms with Gasteiger partial charge in [0.05, 0.1) is 5.02 Å². The van der Waals surface area contributed by atoms with Gasteiger partial charge in [-0.2, -0.15) is 0 Å². The van der Waals surface area contributed by atoms with Gasteiger partial charge >= 0.3 is 0 Å². The first kappa shape index (κ1) is 19.7. The normalized spacial score (nSPS) is 12.6. The summed E-state index contributed by atoms with van der Waals surface area (Å²) < 4.78 is 5.61. The summed E-state index contributed by atoms with van der Waals surface area (Å²) >= 11 is 5.79. The Bertz CT molecular complexity index is 795. The van der Waals surface area contributed by atoms with Crippen molar-refractivity contribution in [3.05, 3.63) is 65.3 Å². The minimum absolute atomic E-state index is 0.0781. The van der Waals surface area contributed by atoms with Gasteiger partial charge in [0.15, 0.2) is 0 Å². The van der Waals surface area contributed by atoms with Gasteiger partial charge in [0.25, 0.3) is 5.91 Å². The molecule has 5 nitrogen and oxygen atoms in total. The highest BCUT2D eigenvalue weighted by molar-refractivity contribution is 6.30. The number of aldehydes is 1. The van der Waals surface area contributed by atoms with Crippen LogP contribution in [0.1, 0.15) is 31.1 Å². The number of allylic oxidation sites excluding steroid dienone is 1. The summed E-state index contributed by atoms with van der Waals surface area (Å²) in [6.45, 7) is 6.04. The highest BCUT2D eigenvalue weighted by Crippen LogP contribution is 2.21. The first-order chi connectivity index (χ1) is 12.3. The number of benzene rings is 1. The van der Waals surface area contributed by atoms with Crippen LogP contribution in [0.15, 0.2) is 54.7 Å². The Labute approximate surface area is 158 Å². The second kappa shape index (κ2) is 8.63. The van der Waals surface area contributed by atoms with Crippen molar-refractivity contribution >= 4 is 23.8 Å². The molecule has 0 aliphatic carbocycles. The molecule has 0 spiro atoms. The molecule has 1 amide bonds. The van der Waals surface area contributed by atoms with E-state index in [1.807, 2.05) is 26.8 Å². The number of carbonyl (C=O) groups excluding carboxylic acids is 2. The fraction of sp³-hybridized carbons (Fsp3) is 0.250. The maximum atomic E-state index is 12.4. The van der Waals surface area contributed by atoms with Crippen LogP contribution in [0.5, 0.6) is 11.6 Å². The van der Waals surface area contributed by atoms with Crippen molar-refractivity contribution in [2.24, 2.45) is 5.41 Å². The van der Waals surface area contributed by atoms with Crippen molar-refractivity contribution in [3.63, 3.8) is 0 Å². The van der Waals surface area contributed by atoms with Gasteiger partial charge in [-0.05, 0) is 29.7 Å². The minimum atomic E-state index is -0.691. The molecule has 1 N–H and O–H groups in total. The Morgan fingerprint density at radius 2 is 2.04 bits per heavy atom. The first-order valence-electron chi connectivity index (χ1n) is 8.12. The van der Waals surface area contributed by atoms with Crippen molar-refractivity contribution < 1.29 is 14.3 Å². The Balaban J connectivity index is 2.08. The highest BCUT2D eigenvalue weighted by Gasteiger charge is 2.13. The van der Waals surface area contributed by atoms with Crippen molar-refractivity contribution in [2.75, 3.05) is 0 Å². The third kappa shape index (κ3) is 6.33. The maximum Gasteiger partial charge on any atom is 0.252 e. The van der Waals surface area contributed by atoms with Crippen LogP contribution in [-0.4, -0.2) is 23.2 Å². The molecule has 1 unspecified atom stereocenters. The van der Waals surface area contributed by atoms with Crippen LogP contribution >= 0.6 is 11.6 Å². The van der Waals surface area contributed by atoms with Crippen LogP contribution in [0.2, 0.25) is 5.02 Å². The molecule has 1 aromatic heterocycles. The second-order valence-corrected chi connectivity index (χ2v) is 7.24.